The minimum Gasteiger partial charge on any atom is -0.378 e. The van der Waals surface area contributed by atoms with Crippen LogP contribution >= 0.6 is 0 Å². The van der Waals surface area contributed by atoms with Crippen molar-refractivity contribution in [1.29, 1.82) is 0 Å². The SMILES string of the molecule is CCCn1ncnc1CN1CCOCC1CN. The standard InChI is InChI=1S/C11H21N5O/c1-2-3-16-11(13-9-14-16)7-15-4-5-17-8-10(15)6-12/h9-10H,2-8,12H2,1H3. The van der Waals surface area contributed by atoms with Gasteiger partial charge >= 0.3 is 0 Å². The minimum absolute atomic E-state index is 0.301. The van der Waals surface area contributed by atoms with Crippen LogP contribution in [0.5, 0.6) is 0 Å². The zero-order chi connectivity index (χ0) is 12.1. The van der Waals surface area contributed by atoms with Crippen LogP contribution in [0, 0.1) is 0 Å². The summed E-state index contributed by atoms with van der Waals surface area (Å²) < 4.78 is 7.41. The molecule has 2 rings (SSSR count). The monoisotopic (exact) mass is 239 g/mol. The number of ether oxygens (including phenoxy) is 1. The van der Waals surface area contributed by atoms with Gasteiger partial charge in [-0.2, -0.15) is 5.10 Å². The molecule has 0 amide bonds. The van der Waals surface area contributed by atoms with E-state index >= 15 is 0 Å². The van der Waals surface area contributed by atoms with Crippen LogP contribution in [0.2, 0.25) is 0 Å². The van der Waals surface area contributed by atoms with Gasteiger partial charge in [0, 0.05) is 25.7 Å². The van der Waals surface area contributed by atoms with Crippen LogP contribution in [0.3, 0.4) is 0 Å². The van der Waals surface area contributed by atoms with Gasteiger partial charge in [0.2, 0.25) is 0 Å². The fraction of sp³-hybridized carbons (Fsp3) is 0.818. The maximum atomic E-state index is 5.75. The van der Waals surface area contributed by atoms with Crippen molar-refractivity contribution in [2.24, 2.45) is 5.73 Å². The van der Waals surface area contributed by atoms with Crippen molar-refractivity contribution in [1.82, 2.24) is 19.7 Å². The smallest absolute Gasteiger partial charge is 0.141 e. The average Bonchev–Trinajstić information content (AvgIpc) is 2.78. The first-order valence-corrected chi connectivity index (χ1v) is 6.23. The largest absolute Gasteiger partial charge is 0.378 e. The summed E-state index contributed by atoms with van der Waals surface area (Å²) in [7, 11) is 0. The fourth-order valence-corrected chi connectivity index (χ4v) is 2.11. The number of morpholine rings is 1. The molecule has 1 atom stereocenters. The quantitative estimate of drug-likeness (QED) is 0.773. The van der Waals surface area contributed by atoms with Gasteiger partial charge in [0.15, 0.2) is 0 Å². The molecule has 6 nitrogen and oxygen atoms in total. The van der Waals surface area contributed by atoms with Crippen molar-refractivity contribution >= 4 is 0 Å². The molecule has 0 aliphatic carbocycles. The van der Waals surface area contributed by atoms with Crippen LogP contribution in [-0.2, 0) is 17.8 Å². The normalized spacial score (nSPS) is 21.9. The lowest BCUT2D eigenvalue weighted by atomic mass is 10.2. The highest BCUT2D eigenvalue weighted by Gasteiger charge is 2.23. The molecule has 0 bridgehead atoms. The zero-order valence-electron chi connectivity index (χ0n) is 10.4. The second kappa shape index (κ2) is 6.09. The maximum absolute atomic E-state index is 5.75. The Balaban J connectivity index is 2.00. The summed E-state index contributed by atoms with van der Waals surface area (Å²) in [6.07, 6.45) is 2.70. The fourth-order valence-electron chi connectivity index (χ4n) is 2.11. The van der Waals surface area contributed by atoms with Crippen LogP contribution < -0.4 is 5.73 Å². The zero-order valence-corrected chi connectivity index (χ0v) is 10.4. The highest BCUT2D eigenvalue weighted by Crippen LogP contribution is 2.10. The van der Waals surface area contributed by atoms with Crippen LogP contribution in [0.4, 0.5) is 0 Å². The van der Waals surface area contributed by atoms with E-state index < -0.39 is 0 Å². The predicted molar refractivity (Wildman–Crippen MR) is 64.4 cm³/mol. The molecule has 0 saturated carbocycles. The van der Waals surface area contributed by atoms with Crippen LogP contribution in [-0.4, -0.2) is 52.0 Å². The Morgan fingerprint density at radius 3 is 3.24 bits per heavy atom. The Morgan fingerprint density at radius 2 is 2.47 bits per heavy atom. The topological polar surface area (TPSA) is 69.2 Å². The summed E-state index contributed by atoms with van der Waals surface area (Å²) >= 11 is 0. The van der Waals surface area contributed by atoms with Gasteiger partial charge in [0.1, 0.15) is 12.2 Å². The molecule has 2 N–H and O–H groups in total. The van der Waals surface area contributed by atoms with E-state index in [-0.39, 0.29) is 0 Å². The van der Waals surface area contributed by atoms with Gasteiger partial charge < -0.3 is 10.5 Å². The van der Waals surface area contributed by atoms with Crippen molar-refractivity contribution in [3.8, 4) is 0 Å². The van der Waals surface area contributed by atoms with Gasteiger partial charge in [-0.15, -0.1) is 0 Å². The summed E-state index contributed by atoms with van der Waals surface area (Å²) in [5, 5.41) is 4.24. The molecule has 1 unspecified atom stereocenters. The lowest BCUT2D eigenvalue weighted by molar-refractivity contribution is -0.00961. The van der Waals surface area contributed by atoms with Crippen molar-refractivity contribution < 1.29 is 4.74 Å². The van der Waals surface area contributed by atoms with Crippen molar-refractivity contribution in [3.63, 3.8) is 0 Å². The second-order valence-corrected chi connectivity index (χ2v) is 4.33. The third kappa shape index (κ3) is 3.02. The van der Waals surface area contributed by atoms with Crippen molar-refractivity contribution in [2.75, 3.05) is 26.3 Å². The van der Waals surface area contributed by atoms with Gasteiger partial charge in [0.05, 0.1) is 19.8 Å². The Bertz CT molecular complexity index is 340. The Morgan fingerprint density at radius 1 is 1.59 bits per heavy atom. The number of aromatic nitrogens is 3. The molecule has 0 aromatic carbocycles. The Kier molecular flexibility index (Phi) is 4.47. The molecule has 0 spiro atoms. The van der Waals surface area contributed by atoms with Gasteiger partial charge in [-0.3, -0.25) is 4.90 Å². The van der Waals surface area contributed by atoms with Crippen LogP contribution in [0.15, 0.2) is 6.33 Å². The maximum Gasteiger partial charge on any atom is 0.141 e. The predicted octanol–water partition coefficient (Wildman–Crippen LogP) is -0.152. The van der Waals surface area contributed by atoms with Gasteiger partial charge in [-0.25, -0.2) is 9.67 Å². The number of nitrogens with two attached hydrogens (primary N) is 1. The molecule has 2 heterocycles. The third-order valence-electron chi connectivity index (χ3n) is 3.10. The summed E-state index contributed by atoms with van der Waals surface area (Å²) in [4.78, 5) is 6.66. The molecule has 1 fully saturated rings. The first-order chi connectivity index (χ1) is 8.35. The van der Waals surface area contributed by atoms with Gasteiger partial charge in [-0.1, -0.05) is 6.92 Å². The molecule has 1 aromatic rings. The summed E-state index contributed by atoms with van der Waals surface area (Å²) in [5.74, 6) is 1.02. The lowest BCUT2D eigenvalue weighted by Crippen LogP contribution is -2.49. The number of nitrogens with zero attached hydrogens (tertiary/aromatic N) is 4. The van der Waals surface area contributed by atoms with Crippen molar-refractivity contribution in [2.45, 2.75) is 32.5 Å². The van der Waals surface area contributed by atoms with E-state index in [1.165, 1.54) is 0 Å². The van der Waals surface area contributed by atoms with Crippen molar-refractivity contribution in [3.05, 3.63) is 12.2 Å². The number of aryl methyl sites for hydroxylation is 1. The number of hydrogen-bond acceptors (Lipinski definition) is 5. The van der Waals surface area contributed by atoms with E-state index in [0.29, 0.717) is 12.6 Å². The summed E-state index contributed by atoms with van der Waals surface area (Å²) in [6, 6.07) is 0.301. The summed E-state index contributed by atoms with van der Waals surface area (Å²) in [5.41, 5.74) is 5.75. The molecule has 17 heavy (non-hydrogen) atoms. The van der Waals surface area contributed by atoms with Gasteiger partial charge in [-0.05, 0) is 6.42 Å². The second-order valence-electron chi connectivity index (χ2n) is 4.33. The first-order valence-electron chi connectivity index (χ1n) is 6.23. The average molecular weight is 239 g/mol. The van der Waals surface area contributed by atoms with E-state index in [2.05, 4.69) is 21.9 Å². The Hall–Kier alpha value is -0.980. The number of rotatable bonds is 5. The van der Waals surface area contributed by atoms with Crippen LogP contribution in [0.25, 0.3) is 0 Å². The third-order valence-corrected chi connectivity index (χ3v) is 3.10. The van der Waals surface area contributed by atoms with Crippen LogP contribution in [0.1, 0.15) is 19.2 Å². The van der Waals surface area contributed by atoms with E-state index in [4.69, 9.17) is 10.5 Å². The molecule has 1 aliphatic rings. The molecule has 1 saturated heterocycles. The molecular weight excluding hydrogens is 218 g/mol. The molecule has 1 aromatic heterocycles. The molecule has 0 radical (unpaired) electrons. The molecule has 1 aliphatic heterocycles. The van der Waals surface area contributed by atoms with E-state index in [0.717, 1.165) is 45.1 Å². The van der Waals surface area contributed by atoms with Gasteiger partial charge in [0.25, 0.3) is 0 Å². The molecule has 6 heteroatoms. The molecular formula is C11H21N5O. The van der Waals surface area contributed by atoms with E-state index in [1.54, 1.807) is 6.33 Å². The highest BCUT2D eigenvalue weighted by atomic mass is 16.5. The minimum atomic E-state index is 0.301. The molecule has 96 valence electrons. The first kappa shape index (κ1) is 12.5. The lowest BCUT2D eigenvalue weighted by Gasteiger charge is -2.34. The Labute approximate surface area is 102 Å². The highest BCUT2D eigenvalue weighted by molar-refractivity contribution is 4.88. The van der Waals surface area contributed by atoms with E-state index in [1.807, 2.05) is 4.68 Å². The summed E-state index contributed by atoms with van der Waals surface area (Å²) in [6.45, 7) is 6.92. The number of hydrogen-bond donors (Lipinski definition) is 1. The van der Waals surface area contributed by atoms with E-state index in [9.17, 15) is 0 Å².